The SMILES string of the molecule is COc1ccc(S(=O)(=O)N(C)[C@H](C)c2nc3ccccc3s2)cc1OC. The monoisotopic (exact) mass is 392 g/mol. The van der Waals surface area contributed by atoms with E-state index in [1.165, 1.54) is 42.0 Å². The van der Waals surface area contributed by atoms with E-state index in [2.05, 4.69) is 4.98 Å². The summed E-state index contributed by atoms with van der Waals surface area (Å²) >= 11 is 1.50. The molecule has 138 valence electrons. The Balaban J connectivity index is 1.95. The molecule has 0 amide bonds. The summed E-state index contributed by atoms with van der Waals surface area (Å²) in [6.07, 6.45) is 0. The highest BCUT2D eigenvalue weighted by atomic mass is 32.2. The third-order valence-electron chi connectivity index (χ3n) is 4.25. The Morgan fingerprint density at radius 2 is 1.77 bits per heavy atom. The van der Waals surface area contributed by atoms with E-state index in [9.17, 15) is 8.42 Å². The molecule has 0 aliphatic rings. The van der Waals surface area contributed by atoms with Gasteiger partial charge in [0.05, 0.1) is 35.4 Å². The van der Waals surface area contributed by atoms with E-state index >= 15 is 0 Å². The maximum absolute atomic E-state index is 13.0. The second-order valence-electron chi connectivity index (χ2n) is 5.73. The van der Waals surface area contributed by atoms with Crippen LogP contribution in [0.4, 0.5) is 0 Å². The zero-order valence-corrected chi connectivity index (χ0v) is 16.6. The van der Waals surface area contributed by atoms with Crippen molar-refractivity contribution >= 4 is 31.6 Å². The molecule has 1 atom stereocenters. The number of thiazole rings is 1. The van der Waals surface area contributed by atoms with E-state index in [0.717, 1.165) is 15.2 Å². The molecule has 0 saturated carbocycles. The van der Waals surface area contributed by atoms with Crippen LogP contribution < -0.4 is 9.47 Å². The van der Waals surface area contributed by atoms with Crippen molar-refractivity contribution in [1.29, 1.82) is 0 Å². The Morgan fingerprint density at radius 3 is 2.42 bits per heavy atom. The third kappa shape index (κ3) is 3.27. The van der Waals surface area contributed by atoms with Crippen molar-refractivity contribution in [2.45, 2.75) is 17.9 Å². The lowest BCUT2D eigenvalue weighted by molar-refractivity contribution is 0.353. The minimum Gasteiger partial charge on any atom is -0.493 e. The summed E-state index contributed by atoms with van der Waals surface area (Å²) in [5, 5.41) is 0.748. The second kappa shape index (κ2) is 7.22. The van der Waals surface area contributed by atoms with E-state index in [1.54, 1.807) is 13.1 Å². The van der Waals surface area contributed by atoms with Crippen LogP contribution >= 0.6 is 11.3 Å². The van der Waals surface area contributed by atoms with Crippen molar-refractivity contribution in [2.75, 3.05) is 21.3 Å². The number of sulfonamides is 1. The highest BCUT2D eigenvalue weighted by Crippen LogP contribution is 2.34. The largest absolute Gasteiger partial charge is 0.493 e. The van der Waals surface area contributed by atoms with Gasteiger partial charge < -0.3 is 9.47 Å². The van der Waals surface area contributed by atoms with Gasteiger partial charge in [0.15, 0.2) is 11.5 Å². The number of fused-ring (bicyclic) bond motifs is 1. The molecule has 1 heterocycles. The molecule has 0 radical (unpaired) electrons. The summed E-state index contributed by atoms with van der Waals surface area (Å²) in [6, 6.07) is 11.9. The first kappa shape index (κ1) is 18.6. The number of para-hydroxylation sites is 1. The van der Waals surface area contributed by atoms with Crippen molar-refractivity contribution in [2.24, 2.45) is 0 Å². The molecular formula is C18H20N2O4S2. The molecule has 0 saturated heterocycles. The molecule has 0 bridgehead atoms. The third-order valence-corrected chi connectivity index (χ3v) is 7.38. The normalized spacial score (nSPS) is 13.1. The number of methoxy groups -OCH3 is 2. The van der Waals surface area contributed by atoms with Gasteiger partial charge in [-0.2, -0.15) is 4.31 Å². The summed E-state index contributed by atoms with van der Waals surface area (Å²) in [7, 11) is 0.823. The van der Waals surface area contributed by atoms with Crippen LogP contribution in [-0.2, 0) is 10.0 Å². The van der Waals surface area contributed by atoms with Crippen molar-refractivity contribution in [3.63, 3.8) is 0 Å². The number of hydrogen-bond donors (Lipinski definition) is 0. The fourth-order valence-electron chi connectivity index (χ4n) is 2.58. The molecule has 8 heteroatoms. The molecule has 6 nitrogen and oxygen atoms in total. The lowest BCUT2D eigenvalue weighted by atomic mass is 10.3. The maximum atomic E-state index is 13.0. The van der Waals surface area contributed by atoms with E-state index in [-0.39, 0.29) is 4.90 Å². The van der Waals surface area contributed by atoms with E-state index in [0.29, 0.717) is 11.5 Å². The van der Waals surface area contributed by atoms with Crippen LogP contribution in [0.5, 0.6) is 11.5 Å². The average molecular weight is 393 g/mol. The Hall–Kier alpha value is -2.16. The van der Waals surface area contributed by atoms with Gasteiger partial charge in [0, 0.05) is 13.1 Å². The van der Waals surface area contributed by atoms with Gasteiger partial charge >= 0.3 is 0 Å². The topological polar surface area (TPSA) is 68.7 Å². The molecule has 1 aromatic heterocycles. The lowest BCUT2D eigenvalue weighted by Gasteiger charge is -2.23. The van der Waals surface area contributed by atoms with Crippen molar-refractivity contribution in [3.8, 4) is 11.5 Å². The van der Waals surface area contributed by atoms with Crippen LogP contribution in [-0.4, -0.2) is 39.0 Å². The second-order valence-corrected chi connectivity index (χ2v) is 8.79. The summed E-state index contributed by atoms with van der Waals surface area (Å²) in [5.74, 6) is 0.850. The van der Waals surface area contributed by atoms with Crippen molar-refractivity contribution in [1.82, 2.24) is 9.29 Å². The Labute approximate surface area is 157 Å². The zero-order valence-electron chi connectivity index (χ0n) is 15.0. The van der Waals surface area contributed by atoms with Gasteiger partial charge in [-0.05, 0) is 31.2 Å². The van der Waals surface area contributed by atoms with Gasteiger partial charge in [0.2, 0.25) is 10.0 Å². The van der Waals surface area contributed by atoms with Crippen LogP contribution in [0, 0.1) is 0 Å². The van der Waals surface area contributed by atoms with Gasteiger partial charge in [-0.1, -0.05) is 12.1 Å². The summed E-state index contributed by atoms with van der Waals surface area (Å²) in [4.78, 5) is 4.71. The van der Waals surface area contributed by atoms with Gasteiger partial charge in [0.25, 0.3) is 0 Å². The molecule has 2 aromatic carbocycles. The van der Waals surface area contributed by atoms with E-state index in [4.69, 9.17) is 9.47 Å². The number of benzene rings is 2. The quantitative estimate of drug-likeness (QED) is 0.640. The lowest BCUT2D eigenvalue weighted by Crippen LogP contribution is -2.29. The van der Waals surface area contributed by atoms with Gasteiger partial charge in [-0.15, -0.1) is 11.3 Å². The number of hydrogen-bond acceptors (Lipinski definition) is 6. The number of nitrogens with zero attached hydrogens (tertiary/aromatic N) is 2. The molecule has 0 unspecified atom stereocenters. The molecule has 3 rings (SSSR count). The van der Waals surface area contributed by atoms with E-state index < -0.39 is 16.1 Å². The smallest absolute Gasteiger partial charge is 0.243 e. The van der Waals surface area contributed by atoms with Crippen LogP contribution in [0.1, 0.15) is 18.0 Å². The first-order valence-corrected chi connectivity index (χ1v) is 10.2. The molecule has 3 aromatic rings. The van der Waals surface area contributed by atoms with E-state index in [1.807, 2.05) is 31.2 Å². The highest BCUT2D eigenvalue weighted by molar-refractivity contribution is 7.89. The van der Waals surface area contributed by atoms with Gasteiger partial charge in [-0.25, -0.2) is 13.4 Å². The predicted octanol–water partition coefficient (Wildman–Crippen LogP) is 3.70. The molecule has 26 heavy (non-hydrogen) atoms. The standard InChI is InChI=1S/C18H20N2O4S2/c1-12(18-19-14-7-5-6-8-17(14)25-18)20(2)26(21,22)13-9-10-15(23-3)16(11-13)24-4/h5-12H,1-4H3/t12-/m1/s1. The Morgan fingerprint density at radius 1 is 1.08 bits per heavy atom. The zero-order chi connectivity index (χ0) is 18.9. The number of rotatable bonds is 6. The molecular weight excluding hydrogens is 372 g/mol. The predicted molar refractivity (Wildman–Crippen MR) is 103 cm³/mol. The Kier molecular flexibility index (Phi) is 5.17. The first-order valence-electron chi connectivity index (χ1n) is 7.94. The molecule has 0 aliphatic carbocycles. The molecule has 0 fully saturated rings. The fourth-order valence-corrected chi connectivity index (χ4v) is 5.05. The van der Waals surface area contributed by atoms with Crippen molar-refractivity contribution < 1.29 is 17.9 Å². The number of aromatic nitrogens is 1. The molecule has 0 aliphatic heterocycles. The van der Waals surface area contributed by atoms with Gasteiger partial charge in [-0.3, -0.25) is 0 Å². The van der Waals surface area contributed by atoms with Crippen molar-refractivity contribution in [3.05, 3.63) is 47.5 Å². The first-order chi connectivity index (χ1) is 12.4. The summed E-state index contributed by atoms with van der Waals surface area (Å²) < 4.78 is 38.8. The van der Waals surface area contributed by atoms with Gasteiger partial charge in [0.1, 0.15) is 5.01 Å². The molecule has 0 N–H and O–H groups in total. The molecule has 0 spiro atoms. The highest BCUT2D eigenvalue weighted by Gasteiger charge is 2.29. The van der Waals surface area contributed by atoms with Crippen LogP contribution in [0.25, 0.3) is 10.2 Å². The average Bonchev–Trinajstić information content (AvgIpc) is 3.10. The summed E-state index contributed by atoms with van der Waals surface area (Å²) in [6.45, 7) is 1.83. The Bertz CT molecular complexity index is 998. The van der Waals surface area contributed by atoms with Crippen LogP contribution in [0.3, 0.4) is 0 Å². The van der Waals surface area contributed by atoms with Crippen LogP contribution in [0.2, 0.25) is 0 Å². The number of ether oxygens (including phenoxy) is 2. The maximum Gasteiger partial charge on any atom is 0.243 e. The fraction of sp³-hybridized carbons (Fsp3) is 0.278. The van der Waals surface area contributed by atoms with Crippen LogP contribution in [0.15, 0.2) is 47.4 Å². The minimum absolute atomic E-state index is 0.144. The minimum atomic E-state index is -3.72. The summed E-state index contributed by atoms with van der Waals surface area (Å²) in [5.41, 5.74) is 0.872.